The van der Waals surface area contributed by atoms with Crippen LogP contribution in [0, 0.1) is 0 Å². The highest BCUT2D eigenvalue weighted by molar-refractivity contribution is 6.17. The Hall–Kier alpha value is -13.5. The first kappa shape index (κ1) is 57.9. The third-order valence-corrected chi connectivity index (χ3v) is 19.6. The molecule has 0 fully saturated rings. The number of nitrogens with zero attached hydrogens (tertiary/aromatic N) is 7. The van der Waals surface area contributed by atoms with Gasteiger partial charge in [0.15, 0.2) is 23.3 Å². The van der Waals surface area contributed by atoms with Crippen molar-refractivity contribution >= 4 is 108 Å². The topological polar surface area (TPSA) is 90.2 Å². The lowest BCUT2D eigenvalue weighted by Gasteiger charge is -2.15. The minimum absolute atomic E-state index is 0.627. The molecule has 20 rings (SSSR count). The molecular weight excluding hydrogens is 1220 g/mol. The van der Waals surface area contributed by atoms with Gasteiger partial charge in [-0.1, -0.05) is 285 Å². The molecule has 20 aromatic rings. The Balaban J connectivity index is 0.000000139. The van der Waals surface area contributed by atoms with E-state index in [0.717, 1.165) is 105 Å². The molecule has 0 N–H and O–H groups in total. The molecule has 4 aromatic heterocycles. The first-order chi connectivity index (χ1) is 49.5. The molecule has 0 saturated heterocycles. The summed E-state index contributed by atoms with van der Waals surface area (Å²) in [6.07, 6.45) is 3.82. The van der Waals surface area contributed by atoms with E-state index in [9.17, 15) is 0 Å². The quantitative estimate of drug-likeness (QED) is 0.140. The van der Waals surface area contributed by atoms with Crippen LogP contribution in [0.15, 0.2) is 346 Å². The maximum atomic E-state index is 5.32. The minimum atomic E-state index is 0.627. The van der Waals surface area contributed by atoms with E-state index in [0.29, 0.717) is 23.3 Å². The van der Waals surface area contributed by atoms with Gasteiger partial charge in [-0.15, -0.1) is 0 Å². The number of pyridine rings is 2. The summed E-state index contributed by atoms with van der Waals surface area (Å²) in [5, 5.41) is 22.3. The van der Waals surface area contributed by atoms with Gasteiger partial charge in [0.2, 0.25) is 0 Å². The van der Waals surface area contributed by atoms with Crippen LogP contribution >= 0.6 is 0 Å². The van der Waals surface area contributed by atoms with E-state index in [2.05, 4.69) is 320 Å². The van der Waals surface area contributed by atoms with Crippen LogP contribution in [-0.4, -0.2) is 34.9 Å². The van der Waals surface area contributed by atoms with Crippen LogP contribution in [0.5, 0.6) is 0 Å². The van der Waals surface area contributed by atoms with Crippen molar-refractivity contribution in [3.05, 3.63) is 346 Å². The fraction of sp³-hybridized carbons (Fsp3) is 0. The molecule has 16 aromatic carbocycles. The van der Waals surface area contributed by atoms with E-state index in [1.165, 1.54) is 70.0 Å². The number of fused-ring (bicyclic) bond motifs is 14. The Kier molecular flexibility index (Phi) is 14.1. The van der Waals surface area contributed by atoms with Gasteiger partial charge in [0.05, 0.1) is 22.6 Å². The summed E-state index contributed by atoms with van der Waals surface area (Å²) in [4.78, 5) is 35.8. The van der Waals surface area contributed by atoms with Gasteiger partial charge in [-0.05, 0) is 146 Å². The second kappa shape index (κ2) is 24.3. The number of benzene rings is 16. The van der Waals surface area contributed by atoms with E-state index in [1.54, 1.807) is 0 Å². The van der Waals surface area contributed by atoms with Crippen molar-refractivity contribution in [2.24, 2.45) is 0 Å². The van der Waals surface area contributed by atoms with Crippen molar-refractivity contribution in [2.45, 2.75) is 0 Å². The molecule has 464 valence electrons. The molecular formula is C93H57N7. The highest BCUT2D eigenvalue weighted by Crippen LogP contribution is 2.42. The first-order valence-corrected chi connectivity index (χ1v) is 33.7. The fourth-order valence-electron chi connectivity index (χ4n) is 14.8. The molecule has 7 nitrogen and oxygen atoms in total. The van der Waals surface area contributed by atoms with Crippen LogP contribution in [0.4, 0.5) is 0 Å². The molecule has 0 atom stereocenters. The molecule has 0 aliphatic rings. The summed E-state index contributed by atoms with van der Waals surface area (Å²) in [5.74, 6) is 2.60. The molecule has 0 saturated carbocycles. The smallest absolute Gasteiger partial charge is 0.164 e. The fourth-order valence-corrected chi connectivity index (χ4v) is 14.8. The molecule has 4 heterocycles. The van der Waals surface area contributed by atoms with E-state index in [1.807, 2.05) is 30.6 Å². The van der Waals surface area contributed by atoms with E-state index in [4.69, 9.17) is 29.9 Å². The molecule has 0 unspecified atom stereocenters. The van der Waals surface area contributed by atoms with Crippen LogP contribution in [0.2, 0.25) is 0 Å². The van der Waals surface area contributed by atoms with Gasteiger partial charge in [0.1, 0.15) is 0 Å². The highest BCUT2D eigenvalue weighted by Gasteiger charge is 2.21. The normalized spacial score (nSPS) is 11.6. The largest absolute Gasteiger partial charge is 0.256 e. The van der Waals surface area contributed by atoms with Crippen molar-refractivity contribution in [1.82, 2.24) is 34.9 Å². The van der Waals surface area contributed by atoms with Crippen LogP contribution in [0.25, 0.3) is 198 Å². The summed E-state index contributed by atoms with van der Waals surface area (Å²) >= 11 is 0. The summed E-state index contributed by atoms with van der Waals surface area (Å²) in [6, 6.07) is 118. The Morgan fingerprint density at radius 3 is 0.970 bits per heavy atom. The van der Waals surface area contributed by atoms with Crippen LogP contribution in [0.3, 0.4) is 0 Å². The zero-order valence-electron chi connectivity index (χ0n) is 54.0. The molecule has 0 amide bonds. The molecule has 7 heteroatoms. The van der Waals surface area contributed by atoms with Crippen molar-refractivity contribution in [1.29, 1.82) is 0 Å². The van der Waals surface area contributed by atoms with Crippen LogP contribution in [-0.2, 0) is 0 Å². The Morgan fingerprint density at radius 1 is 0.180 bits per heavy atom. The van der Waals surface area contributed by atoms with Crippen molar-refractivity contribution in [3.63, 3.8) is 0 Å². The third kappa shape index (κ3) is 10.3. The Bertz CT molecular complexity index is 6380. The van der Waals surface area contributed by atoms with Gasteiger partial charge in [-0.2, -0.15) is 0 Å². The SMILES string of the molecule is c1ccc2c(-c3ccc(-c4nc(-c5cc6ccccc6c6ccccc56)cc(-c5cc6ccccc6c6ccccc56)n4)cc3)nccc2c1.c1ccc2ncc(-c3ccc(-c4nc(-c5cc6ccccc6c6ccccc56)nc(-c5cc6ccccc6c6ccccc56)n4)cc3)cc2c1. The highest BCUT2D eigenvalue weighted by atomic mass is 15.0. The van der Waals surface area contributed by atoms with E-state index in [-0.39, 0.29) is 0 Å². The first-order valence-electron chi connectivity index (χ1n) is 33.7. The molecule has 0 aliphatic carbocycles. The average Bonchev–Trinajstić information content (AvgIpc) is 0.759. The Labute approximate surface area is 575 Å². The van der Waals surface area contributed by atoms with Crippen LogP contribution in [0.1, 0.15) is 0 Å². The van der Waals surface area contributed by atoms with Gasteiger partial charge in [0.25, 0.3) is 0 Å². The Morgan fingerprint density at radius 2 is 0.510 bits per heavy atom. The summed E-state index contributed by atoms with van der Waals surface area (Å²) < 4.78 is 0. The maximum Gasteiger partial charge on any atom is 0.164 e. The number of hydrogen-bond acceptors (Lipinski definition) is 7. The van der Waals surface area contributed by atoms with Crippen molar-refractivity contribution < 1.29 is 0 Å². The number of hydrogen-bond donors (Lipinski definition) is 0. The number of rotatable bonds is 8. The molecule has 100 heavy (non-hydrogen) atoms. The predicted molar refractivity (Wildman–Crippen MR) is 416 cm³/mol. The second-order valence-corrected chi connectivity index (χ2v) is 25.5. The molecule has 0 spiro atoms. The lowest BCUT2D eigenvalue weighted by atomic mass is 9.93. The summed E-state index contributed by atoms with van der Waals surface area (Å²) in [6.45, 7) is 0. The second-order valence-electron chi connectivity index (χ2n) is 25.5. The van der Waals surface area contributed by atoms with Crippen molar-refractivity contribution in [3.8, 4) is 90.5 Å². The average molecular weight is 1270 g/mol. The third-order valence-electron chi connectivity index (χ3n) is 19.6. The van der Waals surface area contributed by atoms with E-state index >= 15 is 0 Å². The zero-order chi connectivity index (χ0) is 66.0. The minimum Gasteiger partial charge on any atom is -0.256 e. The number of para-hydroxylation sites is 1. The standard InChI is InChI=1S/C47H29N3.C46H28N4/c1-6-16-37-30(11-1)25-26-48-46(37)31-21-23-32(24-22-31)47-49-44(42-27-33-12-2-4-14-35(33)38-17-7-9-19-40(38)42)29-45(50-47)43-28-34-13-3-5-15-36(34)39-18-8-10-20-41(39)43;1-4-14-35-31(11-1)26-41(39-18-8-6-16-37(35)39)45-48-44(30-23-21-29(22-24-30)34-25-33-13-3-10-20-43(33)47-28-34)49-46(50-45)42-27-32-12-2-5-15-36(32)38-17-7-9-19-40(38)42/h1-29H;1-28H. The van der Waals surface area contributed by atoms with Gasteiger partial charge >= 0.3 is 0 Å². The lowest BCUT2D eigenvalue weighted by Crippen LogP contribution is -2.01. The summed E-state index contributed by atoms with van der Waals surface area (Å²) in [5.41, 5.74) is 13.0. The predicted octanol–water partition coefficient (Wildman–Crippen LogP) is 24.0. The van der Waals surface area contributed by atoms with Crippen molar-refractivity contribution in [2.75, 3.05) is 0 Å². The van der Waals surface area contributed by atoms with Gasteiger partial charge in [-0.25, -0.2) is 24.9 Å². The maximum absolute atomic E-state index is 5.32. The zero-order valence-corrected chi connectivity index (χ0v) is 54.0. The van der Waals surface area contributed by atoms with Gasteiger partial charge < -0.3 is 0 Å². The molecule has 0 aliphatic heterocycles. The number of aromatic nitrogens is 7. The van der Waals surface area contributed by atoms with Crippen LogP contribution < -0.4 is 0 Å². The van der Waals surface area contributed by atoms with E-state index < -0.39 is 0 Å². The molecule has 0 bridgehead atoms. The summed E-state index contributed by atoms with van der Waals surface area (Å²) in [7, 11) is 0. The monoisotopic (exact) mass is 1270 g/mol. The molecule has 0 radical (unpaired) electrons. The van der Waals surface area contributed by atoms with Gasteiger partial charge in [-0.3, -0.25) is 9.97 Å². The lowest BCUT2D eigenvalue weighted by molar-refractivity contribution is 1.08. The van der Waals surface area contributed by atoms with Gasteiger partial charge in [0, 0.05) is 67.7 Å².